The summed E-state index contributed by atoms with van der Waals surface area (Å²) in [5, 5.41) is 24.8. The molecule has 13 heteroatoms. The second-order valence-corrected chi connectivity index (χ2v) is 11.5. The Bertz CT molecular complexity index is 2120. The number of rotatable bonds is 7. The molecule has 0 aliphatic rings. The maximum absolute atomic E-state index is 13.7. The molecule has 0 aliphatic carbocycles. The van der Waals surface area contributed by atoms with E-state index in [-0.39, 0.29) is 49.4 Å². The van der Waals surface area contributed by atoms with Crippen molar-refractivity contribution in [1.82, 2.24) is 18.3 Å². The fourth-order valence-electron chi connectivity index (χ4n) is 5.23. The van der Waals surface area contributed by atoms with Gasteiger partial charge in [-0.3, -0.25) is 27.9 Å². The number of halogens is 1. The predicted octanol–water partition coefficient (Wildman–Crippen LogP) is 5.21. The Morgan fingerprint density at radius 1 is 0.795 bits per heavy atom. The quantitative estimate of drug-likeness (QED) is 0.231. The normalized spacial score (nSPS) is 11.3. The molecule has 0 aliphatic heterocycles. The van der Waals surface area contributed by atoms with E-state index in [0.29, 0.717) is 0 Å². The van der Waals surface area contributed by atoms with Crippen molar-refractivity contribution in [3.63, 3.8) is 0 Å². The maximum atomic E-state index is 13.7. The Kier molecular flexibility index (Phi) is 8.43. The molecule has 10 nitrogen and oxygen atoms in total. The minimum absolute atomic E-state index is 0.0478. The van der Waals surface area contributed by atoms with Crippen molar-refractivity contribution < 1.29 is 19.7 Å². The number of aromatic hydroxyl groups is 2. The highest BCUT2D eigenvalue weighted by molar-refractivity contribution is 7.71. The summed E-state index contributed by atoms with van der Waals surface area (Å²) in [6, 6.07) is 17.0. The first-order valence-corrected chi connectivity index (χ1v) is 14.5. The van der Waals surface area contributed by atoms with E-state index in [1.165, 1.54) is 59.6 Å². The lowest BCUT2D eigenvalue weighted by Gasteiger charge is -2.24. The summed E-state index contributed by atoms with van der Waals surface area (Å²) in [6.45, 7) is 0.179. The average Bonchev–Trinajstić information content (AvgIpc) is 3.02. The van der Waals surface area contributed by atoms with Crippen molar-refractivity contribution in [2.75, 3.05) is 7.11 Å². The lowest BCUT2D eigenvalue weighted by atomic mass is 9.86. The van der Waals surface area contributed by atoms with E-state index in [4.69, 9.17) is 45.5 Å². The molecule has 0 amide bonds. The van der Waals surface area contributed by atoms with E-state index in [9.17, 15) is 19.8 Å². The third kappa shape index (κ3) is 5.18. The van der Waals surface area contributed by atoms with Gasteiger partial charge >= 0.3 is 0 Å². The van der Waals surface area contributed by atoms with Gasteiger partial charge in [0, 0.05) is 28.2 Å². The highest BCUT2D eigenvalue weighted by Gasteiger charge is 2.33. The molecule has 5 aromatic rings. The van der Waals surface area contributed by atoms with Crippen LogP contribution in [0.1, 0.15) is 28.2 Å². The van der Waals surface area contributed by atoms with E-state index < -0.39 is 28.8 Å². The van der Waals surface area contributed by atoms with Crippen LogP contribution in [-0.2, 0) is 34.8 Å². The molecule has 5 rings (SSSR count). The standard InChI is InChI=1S/C31H29ClN4O6S2/c1-33-26(37)23(27(38)34(2)30(33)43)22(24-28(39)35(3)31(44)36(4)29(24)40)19-13-20(32)25(21(14-19)41-5)42-15-16-10-11-17-8-6-7-9-18(17)12-16/h6-14,22,37,39H,15H2,1-5H3. The van der Waals surface area contributed by atoms with Crippen molar-refractivity contribution in [3.8, 4) is 23.3 Å². The largest absolute Gasteiger partial charge is 0.494 e. The van der Waals surface area contributed by atoms with Gasteiger partial charge in [0.15, 0.2) is 21.0 Å². The van der Waals surface area contributed by atoms with Crippen LogP contribution in [-0.4, -0.2) is 35.6 Å². The molecule has 0 saturated heterocycles. The molecule has 0 atom stereocenters. The molecule has 2 N–H and O–H groups in total. The van der Waals surface area contributed by atoms with Crippen LogP contribution in [0.15, 0.2) is 64.2 Å². The Morgan fingerprint density at radius 3 is 1.89 bits per heavy atom. The van der Waals surface area contributed by atoms with Crippen LogP contribution in [0, 0.1) is 9.54 Å². The van der Waals surface area contributed by atoms with Gasteiger partial charge in [-0.25, -0.2) is 0 Å². The van der Waals surface area contributed by atoms with Crippen molar-refractivity contribution >= 4 is 46.8 Å². The highest BCUT2D eigenvalue weighted by atomic mass is 35.5. The van der Waals surface area contributed by atoms with Gasteiger partial charge in [-0.05, 0) is 64.5 Å². The number of aromatic nitrogens is 4. The fraction of sp³-hybridized carbons (Fsp3) is 0.226. The summed E-state index contributed by atoms with van der Waals surface area (Å²) < 4.78 is 16.7. The van der Waals surface area contributed by atoms with Crippen LogP contribution in [0.3, 0.4) is 0 Å². The van der Waals surface area contributed by atoms with Crippen LogP contribution < -0.4 is 20.6 Å². The number of ether oxygens (including phenoxy) is 2. The topological polar surface area (TPSA) is 113 Å². The molecular formula is C31H29ClN4O6S2. The van der Waals surface area contributed by atoms with Crippen LogP contribution in [0.5, 0.6) is 23.3 Å². The van der Waals surface area contributed by atoms with Crippen LogP contribution in [0.2, 0.25) is 5.02 Å². The van der Waals surface area contributed by atoms with Gasteiger partial charge in [0.05, 0.1) is 29.2 Å². The van der Waals surface area contributed by atoms with Crippen LogP contribution in [0.4, 0.5) is 0 Å². The second kappa shape index (κ2) is 11.9. The Morgan fingerprint density at radius 2 is 1.34 bits per heavy atom. The van der Waals surface area contributed by atoms with Gasteiger partial charge in [0.25, 0.3) is 11.1 Å². The number of benzene rings is 3. The van der Waals surface area contributed by atoms with Gasteiger partial charge in [0.2, 0.25) is 11.8 Å². The molecule has 0 bridgehead atoms. The first-order valence-electron chi connectivity index (χ1n) is 13.3. The third-order valence-corrected chi connectivity index (χ3v) is 9.07. The zero-order valence-corrected chi connectivity index (χ0v) is 26.9. The molecule has 3 aromatic carbocycles. The van der Waals surface area contributed by atoms with E-state index in [0.717, 1.165) is 16.3 Å². The fourth-order valence-corrected chi connectivity index (χ4v) is 5.84. The molecule has 0 spiro atoms. The SMILES string of the molecule is COc1cc(C(c2c(O)n(C)c(=S)n(C)c2=O)c2c(O)n(C)c(=S)n(C)c2=O)cc(Cl)c1OCc1ccc2ccccc2c1. The molecule has 2 heterocycles. The number of methoxy groups -OCH3 is 1. The minimum atomic E-state index is -1.32. The number of hydrogen-bond acceptors (Lipinski definition) is 8. The summed E-state index contributed by atoms with van der Waals surface area (Å²) in [7, 11) is 7.30. The van der Waals surface area contributed by atoms with Gasteiger partial charge in [0.1, 0.15) is 6.61 Å². The first-order chi connectivity index (χ1) is 20.9. The smallest absolute Gasteiger partial charge is 0.262 e. The minimum Gasteiger partial charge on any atom is -0.494 e. The number of fused-ring (bicyclic) bond motifs is 1. The zero-order chi connectivity index (χ0) is 32.0. The Labute approximate surface area is 267 Å². The van der Waals surface area contributed by atoms with Gasteiger partial charge in [-0.1, -0.05) is 48.0 Å². The lowest BCUT2D eigenvalue weighted by molar-refractivity contribution is 0.284. The van der Waals surface area contributed by atoms with E-state index in [2.05, 4.69) is 0 Å². The molecule has 0 unspecified atom stereocenters. The zero-order valence-electron chi connectivity index (χ0n) is 24.5. The monoisotopic (exact) mass is 652 g/mol. The van der Waals surface area contributed by atoms with Crippen molar-refractivity contribution in [1.29, 1.82) is 0 Å². The summed E-state index contributed by atoms with van der Waals surface area (Å²) in [5.41, 5.74) is -0.604. The molecular weight excluding hydrogens is 624 g/mol. The first kappa shape index (κ1) is 31.0. The third-order valence-electron chi connectivity index (χ3n) is 7.69. The Balaban J connectivity index is 1.72. The van der Waals surface area contributed by atoms with Crippen molar-refractivity contribution in [2.45, 2.75) is 12.5 Å². The summed E-state index contributed by atoms with van der Waals surface area (Å²) in [5.74, 6) is -1.85. The average molecular weight is 653 g/mol. The molecule has 228 valence electrons. The second-order valence-electron chi connectivity index (χ2n) is 10.3. The van der Waals surface area contributed by atoms with E-state index >= 15 is 0 Å². The Hall–Kier alpha value is -4.39. The van der Waals surface area contributed by atoms with Gasteiger partial charge in [-0.15, -0.1) is 0 Å². The number of hydrogen-bond donors (Lipinski definition) is 2. The highest BCUT2D eigenvalue weighted by Crippen LogP contribution is 2.44. The predicted molar refractivity (Wildman–Crippen MR) is 174 cm³/mol. The number of nitrogens with zero attached hydrogens (tertiary/aromatic N) is 4. The van der Waals surface area contributed by atoms with E-state index in [1.54, 1.807) is 6.07 Å². The molecule has 44 heavy (non-hydrogen) atoms. The van der Waals surface area contributed by atoms with Crippen LogP contribution >= 0.6 is 36.0 Å². The maximum Gasteiger partial charge on any atom is 0.262 e. The van der Waals surface area contributed by atoms with Crippen molar-refractivity contribution in [2.24, 2.45) is 28.2 Å². The van der Waals surface area contributed by atoms with E-state index in [1.807, 2.05) is 42.5 Å². The lowest BCUT2D eigenvalue weighted by Crippen LogP contribution is -2.33. The summed E-state index contributed by atoms with van der Waals surface area (Å²) in [4.78, 5) is 27.4. The molecule has 0 fully saturated rings. The summed E-state index contributed by atoms with van der Waals surface area (Å²) >= 11 is 17.4. The molecule has 0 saturated carbocycles. The van der Waals surface area contributed by atoms with Crippen LogP contribution in [0.25, 0.3) is 10.8 Å². The summed E-state index contributed by atoms with van der Waals surface area (Å²) in [6.07, 6.45) is 0. The van der Waals surface area contributed by atoms with Crippen molar-refractivity contribution in [3.05, 3.63) is 112 Å². The van der Waals surface area contributed by atoms with Gasteiger partial charge in [-0.2, -0.15) is 0 Å². The molecule has 0 radical (unpaired) electrons. The van der Waals surface area contributed by atoms with Gasteiger partial charge < -0.3 is 19.7 Å². The molecule has 2 aromatic heterocycles.